The molecule has 1 aromatic rings. The molecule has 2 nitrogen and oxygen atoms in total. The fraction of sp³-hybridized carbons (Fsp3) is 0.769. The van der Waals surface area contributed by atoms with Crippen molar-refractivity contribution in [3.05, 3.63) is 16.1 Å². The molecule has 1 saturated carbocycles. The fourth-order valence-electron chi connectivity index (χ4n) is 2.68. The van der Waals surface area contributed by atoms with Crippen molar-refractivity contribution in [1.29, 1.82) is 0 Å². The van der Waals surface area contributed by atoms with Crippen molar-refractivity contribution in [1.82, 2.24) is 10.3 Å². The number of hydrogen-bond acceptors (Lipinski definition) is 3. The summed E-state index contributed by atoms with van der Waals surface area (Å²) in [7, 11) is 0. The Labute approximate surface area is 102 Å². The minimum absolute atomic E-state index is 0.769. The highest BCUT2D eigenvalue weighted by atomic mass is 32.1. The van der Waals surface area contributed by atoms with E-state index in [1.54, 1.807) is 0 Å². The zero-order valence-corrected chi connectivity index (χ0v) is 11.1. The predicted octanol–water partition coefficient (Wildman–Crippen LogP) is 3.16. The average molecular weight is 238 g/mol. The minimum Gasteiger partial charge on any atom is -0.313 e. The third-order valence-corrected chi connectivity index (χ3v) is 4.57. The second-order valence-electron chi connectivity index (χ2n) is 4.77. The molecule has 2 rings (SSSR count). The first kappa shape index (κ1) is 12.1. The molecular formula is C13H22N2S. The smallest absolute Gasteiger partial charge is 0.0940 e. The van der Waals surface area contributed by atoms with Crippen molar-refractivity contribution in [2.45, 2.75) is 52.0 Å². The van der Waals surface area contributed by atoms with E-state index in [0.29, 0.717) is 0 Å². The number of nitrogens with zero attached hydrogens (tertiary/aromatic N) is 1. The van der Waals surface area contributed by atoms with Gasteiger partial charge in [-0.05, 0) is 25.7 Å². The predicted molar refractivity (Wildman–Crippen MR) is 70.0 cm³/mol. The number of aromatic nitrogens is 1. The number of aryl methyl sites for hydroxylation is 1. The van der Waals surface area contributed by atoms with Crippen molar-refractivity contribution in [3.8, 4) is 0 Å². The van der Waals surface area contributed by atoms with E-state index in [9.17, 15) is 0 Å². The van der Waals surface area contributed by atoms with Crippen LogP contribution in [-0.4, -0.2) is 17.6 Å². The summed E-state index contributed by atoms with van der Waals surface area (Å²) in [5.74, 6) is 0.915. The first-order valence-electron chi connectivity index (χ1n) is 6.44. The molecule has 0 aromatic carbocycles. The highest BCUT2D eigenvalue weighted by molar-refractivity contribution is 7.11. The Morgan fingerprint density at radius 2 is 2.38 bits per heavy atom. The summed E-state index contributed by atoms with van der Waals surface area (Å²) in [5.41, 5.74) is 0. The standard InChI is InChI=1S/C13H22N2S/c1-3-11-5-4-6-12(11)14-8-7-13-15-9-10(2)16-13/h9,11-12,14H,3-8H2,1-2H3. The van der Waals surface area contributed by atoms with E-state index in [1.807, 2.05) is 17.5 Å². The SMILES string of the molecule is CCC1CCCC1NCCc1ncc(C)s1. The molecule has 1 fully saturated rings. The van der Waals surface area contributed by atoms with Crippen LogP contribution < -0.4 is 5.32 Å². The van der Waals surface area contributed by atoms with Gasteiger partial charge in [-0.15, -0.1) is 11.3 Å². The number of rotatable bonds is 5. The van der Waals surface area contributed by atoms with Gasteiger partial charge >= 0.3 is 0 Å². The lowest BCUT2D eigenvalue weighted by atomic mass is 10.0. The van der Waals surface area contributed by atoms with E-state index in [1.165, 1.54) is 35.6 Å². The Kier molecular flexibility index (Phi) is 4.36. The lowest BCUT2D eigenvalue weighted by Crippen LogP contribution is -2.33. The van der Waals surface area contributed by atoms with Crippen LogP contribution in [0.5, 0.6) is 0 Å². The van der Waals surface area contributed by atoms with Gasteiger partial charge in [0, 0.05) is 30.1 Å². The quantitative estimate of drug-likeness (QED) is 0.852. The monoisotopic (exact) mass is 238 g/mol. The molecule has 0 aliphatic heterocycles. The molecule has 3 heteroatoms. The summed E-state index contributed by atoms with van der Waals surface area (Å²) in [5, 5.41) is 4.98. The van der Waals surface area contributed by atoms with Gasteiger partial charge in [0.15, 0.2) is 0 Å². The zero-order valence-electron chi connectivity index (χ0n) is 10.3. The van der Waals surface area contributed by atoms with Crippen LogP contribution in [0.1, 0.15) is 42.5 Å². The molecule has 1 aliphatic rings. The minimum atomic E-state index is 0.769. The van der Waals surface area contributed by atoms with Crippen LogP contribution in [0.4, 0.5) is 0 Å². The molecule has 0 spiro atoms. The number of thiazole rings is 1. The van der Waals surface area contributed by atoms with E-state index < -0.39 is 0 Å². The van der Waals surface area contributed by atoms with Crippen LogP contribution in [-0.2, 0) is 6.42 Å². The van der Waals surface area contributed by atoms with E-state index >= 15 is 0 Å². The van der Waals surface area contributed by atoms with Crippen LogP contribution in [0.15, 0.2) is 6.20 Å². The van der Waals surface area contributed by atoms with Crippen LogP contribution in [0.25, 0.3) is 0 Å². The molecule has 0 radical (unpaired) electrons. The second kappa shape index (κ2) is 5.78. The topological polar surface area (TPSA) is 24.9 Å². The maximum absolute atomic E-state index is 4.40. The molecule has 16 heavy (non-hydrogen) atoms. The lowest BCUT2D eigenvalue weighted by molar-refractivity contribution is 0.393. The molecule has 0 saturated heterocycles. The van der Waals surface area contributed by atoms with Gasteiger partial charge in [0.2, 0.25) is 0 Å². The largest absolute Gasteiger partial charge is 0.313 e. The summed E-state index contributed by atoms with van der Waals surface area (Å²) in [6.07, 6.45) is 8.59. The van der Waals surface area contributed by atoms with Gasteiger partial charge in [0.1, 0.15) is 0 Å². The normalized spacial score (nSPS) is 25.1. The van der Waals surface area contributed by atoms with E-state index in [-0.39, 0.29) is 0 Å². The Morgan fingerprint density at radius 1 is 1.50 bits per heavy atom. The van der Waals surface area contributed by atoms with Crippen molar-refractivity contribution in [2.75, 3.05) is 6.54 Å². The lowest BCUT2D eigenvalue weighted by Gasteiger charge is -2.19. The average Bonchev–Trinajstić information content (AvgIpc) is 2.87. The van der Waals surface area contributed by atoms with Gasteiger partial charge in [0.25, 0.3) is 0 Å². The van der Waals surface area contributed by atoms with Crippen molar-refractivity contribution in [3.63, 3.8) is 0 Å². The van der Waals surface area contributed by atoms with Crippen LogP contribution in [0.3, 0.4) is 0 Å². The summed E-state index contributed by atoms with van der Waals surface area (Å²) in [6, 6.07) is 0.769. The first-order chi connectivity index (χ1) is 7.79. The summed E-state index contributed by atoms with van der Waals surface area (Å²) in [4.78, 5) is 5.72. The number of nitrogens with one attached hydrogen (secondary N) is 1. The Morgan fingerprint density at radius 3 is 3.06 bits per heavy atom. The molecule has 1 N–H and O–H groups in total. The fourth-order valence-corrected chi connectivity index (χ4v) is 3.46. The van der Waals surface area contributed by atoms with Gasteiger partial charge in [-0.25, -0.2) is 4.98 Å². The van der Waals surface area contributed by atoms with E-state index in [2.05, 4.69) is 24.1 Å². The van der Waals surface area contributed by atoms with Crippen LogP contribution >= 0.6 is 11.3 Å². The second-order valence-corrected chi connectivity index (χ2v) is 6.09. The molecule has 1 heterocycles. The van der Waals surface area contributed by atoms with Crippen molar-refractivity contribution < 1.29 is 0 Å². The third-order valence-electron chi connectivity index (χ3n) is 3.60. The first-order valence-corrected chi connectivity index (χ1v) is 7.26. The Balaban J connectivity index is 1.71. The highest BCUT2D eigenvalue weighted by Crippen LogP contribution is 2.27. The molecule has 0 bridgehead atoms. The van der Waals surface area contributed by atoms with Crippen molar-refractivity contribution >= 4 is 11.3 Å². The van der Waals surface area contributed by atoms with Crippen LogP contribution in [0, 0.1) is 12.8 Å². The Bertz CT molecular complexity index is 321. The molecule has 1 aliphatic carbocycles. The summed E-state index contributed by atoms with van der Waals surface area (Å²) in [6.45, 7) is 5.53. The van der Waals surface area contributed by atoms with Gasteiger partial charge in [-0.3, -0.25) is 0 Å². The van der Waals surface area contributed by atoms with Gasteiger partial charge in [-0.1, -0.05) is 19.8 Å². The molecule has 1 aromatic heterocycles. The molecular weight excluding hydrogens is 216 g/mol. The van der Waals surface area contributed by atoms with Gasteiger partial charge < -0.3 is 5.32 Å². The maximum Gasteiger partial charge on any atom is 0.0940 e. The number of hydrogen-bond donors (Lipinski definition) is 1. The van der Waals surface area contributed by atoms with Crippen LogP contribution in [0.2, 0.25) is 0 Å². The summed E-state index contributed by atoms with van der Waals surface area (Å²) >= 11 is 1.83. The highest BCUT2D eigenvalue weighted by Gasteiger charge is 2.24. The van der Waals surface area contributed by atoms with Crippen molar-refractivity contribution in [2.24, 2.45) is 5.92 Å². The van der Waals surface area contributed by atoms with Gasteiger partial charge in [0.05, 0.1) is 5.01 Å². The third kappa shape index (κ3) is 3.05. The molecule has 0 amide bonds. The molecule has 90 valence electrons. The Hall–Kier alpha value is -0.410. The molecule has 2 atom stereocenters. The zero-order chi connectivity index (χ0) is 11.4. The summed E-state index contributed by atoms with van der Waals surface area (Å²) < 4.78 is 0. The van der Waals surface area contributed by atoms with E-state index in [4.69, 9.17) is 0 Å². The maximum atomic E-state index is 4.40. The molecule has 2 unspecified atom stereocenters. The van der Waals surface area contributed by atoms with E-state index in [0.717, 1.165) is 24.9 Å². The van der Waals surface area contributed by atoms with Gasteiger partial charge in [-0.2, -0.15) is 0 Å².